The van der Waals surface area contributed by atoms with Crippen LogP contribution in [0.5, 0.6) is 0 Å². The fourth-order valence-electron chi connectivity index (χ4n) is 1.78. The molecule has 0 saturated carbocycles. The highest BCUT2D eigenvalue weighted by Crippen LogP contribution is 2.08. The lowest BCUT2D eigenvalue weighted by atomic mass is 10.1. The molecule has 7 heteroatoms. The number of ether oxygens (including phenoxy) is 2. The van der Waals surface area contributed by atoms with Gasteiger partial charge in [0.15, 0.2) is 0 Å². The number of benzene rings is 1. The summed E-state index contributed by atoms with van der Waals surface area (Å²) < 4.78 is 9.95. The van der Waals surface area contributed by atoms with E-state index in [0.29, 0.717) is 0 Å². The molecular formula is C17H23NO6. The Morgan fingerprint density at radius 1 is 1.17 bits per heavy atom. The predicted octanol–water partition coefficient (Wildman–Crippen LogP) is 1.95. The van der Waals surface area contributed by atoms with Gasteiger partial charge in [-0.3, -0.25) is 4.79 Å². The van der Waals surface area contributed by atoms with Crippen molar-refractivity contribution < 1.29 is 29.0 Å². The Kier molecular flexibility index (Phi) is 7.74. The highest BCUT2D eigenvalue weighted by Gasteiger charge is 2.25. The van der Waals surface area contributed by atoms with E-state index in [1.165, 1.54) is 7.05 Å². The predicted molar refractivity (Wildman–Crippen MR) is 86.5 cm³/mol. The van der Waals surface area contributed by atoms with Crippen LogP contribution >= 0.6 is 0 Å². The molecule has 0 saturated heterocycles. The molecule has 0 radical (unpaired) electrons. The Hall–Kier alpha value is -2.57. The van der Waals surface area contributed by atoms with Gasteiger partial charge >= 0.3 is 18.0 Å². The molecule has 1 aromatic carbocycles. The molecule has 1 unspecified atom stereocenters. The first-order chi connectivity index (χ1) is 11.3. The van der Waals surface area contributed by atoms with E-state index in [0.717, 1.165) is 10.5 Å². The van der Waals surface area contributed by atoms with Gasteiger partial charge in [-0.15, -0.1) is 0 Å². The van der Waals surface area contributed by atoms with Crippen LogP contribution in [0.25, 0.3) is 0 Å². The van der Waals surface area contributed by atoms with Crippen molar-refractivity contribution in [1.82, 2.24) is 4.90 Å². The summed E-state index contributed by atoms with van der Waals surface area (Å²) in [5.74, 6) is -1.63. The van der Waals surface area contributed by atoms with E-state index in [-0.39, 0.29) is 25.5 Å². The third-order valence-corrected chi connectivity index (χ3v) is 3.04. The average molecular weight is 337 g/mol. The molecule has 1 aromatic rings. The number of hydrogen-bond donors (Lipinski definition) is 1. The monoisotopic (exact) mass is 337 g/mol. The summed E-state index contributed by atoms with van der Waals surface area (Å²) in [6.07, 6.45) is -2.16. The number of aliphatic carboxylic acids is 1. The van der Waals surface area contributed by atoms with Crippen LogP contribution in [-0.2, 0) is 25.5 Å². The second-order valence-corrected chi connectivity index (χ2v) is 5.83. The van der Waals surface area contributed by atoms with E-state index in [1.54, 1.807) is 24.3 Å². The Labute approximate surface area is 141 Å². The van der Waals surface area contributed by atoms with Crippen molar-refractivity contribution >= 4 is 18.0 Å². The van der Waals surface area contributed by atoms with E-state index in [1.807, 2.05) is 19.9 Å². The Morgan fingerprint density at radius 2 is 1.79 bits per heavy atom. The molecule has 1 N–H and O–H groups in total. The molecule has 24 heavy (non-hydrogen) atoms. The molecule has 1 atom stereocenters. The summed E-state index contributed by atoms with van der Waals surface area (Å²) in [7, 11) is 1.35. The number of amides is 1. The Balaban J connectivity index is 2.55. The molecule has 0 aromatic heterocycles. The van der Waals surface area contributed by atoms with Gasteiger partial charge in [0, 0.05) is 13.5 Å². The number of carbonyl (C=O) groups is 3. The quantitative estimate of drug-likeness (QED) is 0.729. The van der Waals surface area contributed by atoms with Crippen LogP contribution in [0.2, 0.25) is 0 Å². The zero-order valence-corrected chi connectivity index (χ0v) is 14.1. The van der Waals surface area contributed by atoms with Crippen molar-refractivity contribution in [3.8, 4) is 0 Å². The SMILES string of the molecule is CC(C)COC(=O)CN(C)C(=O)OC(Cc1ccccc1)C(=O)O. The Bertz CT molecular complexity index is 557. The highest BCUT2D eigenvalue weighted by atomic mass is 16.6. The van der Waals surface area contributed by atoms with Gasteiger partial charge in [0.25, 0.3) is 0 Å². The molecule has 0 aliphatic heterocycles. The van der Waals surface area contributed by atoms with Crippen molar-refractivity contribution in [1.29, 1.82) is 0 Å². The number of nitrogens with zero attached hydrogens (tertiary/aromatic N) is 1. The van der Waals surface area contributed by atoms with Crippen molar-refractivity contribution in [2.45, 2.75) is 26.4 Å². The highest BCUT2D eigenvalue weighted by molar-refractivity contribution is 5.80. The number of likely N-dealkylation sites (N-methyl/N-ethyl adjacent to an activating group) is 1. The van der Waals surface area contributed by atoms with Gasteiger partial charge < -0.3 is 19.5 Å². The first kappa shape index (κ1) is 19.5. The van der Waals surface area contributed by atoms with Crippen LogP contribution in [0.3, 0.4) is 0 Å². The molecule has 1 amide bonds. The minimum absolute atomic E-state index is 0.0492. The fourth-order valence-corrected chi connectivity index (χ4v) is 1.78. The molecule has 0 aliphatic carbocycles. The van der Waals surface area contributed by atoms with E-state index in [4.69, 9.17) is 9.47 Å². The summed E-state index contributed by atoms with van der Waals surface area (Å²) in [6, 6.07) is 8.84. The van der Waals surface area contributed by atoms with Gasteiger partial charge in [-0.05, 0) is 11.5 Å². The van der Waals surface area contributed by atoms with E-state index >= 15 is 0 Å². The van der Waals surface area contributed by atoms with Gasteiger partial charge in [0.05, 0.1) is 6.61 Å². The zero-order valence-electron chi connectivity index (χ0n) is 14.1. The van der Waals surface area contributed by atoms with Crippen molar-refractivity contribution in [3.63, 3.8) is 0 Å². The zero-order chi connectivity index (χ0) is 18.1. The fraction of sp³-hybridized carbons (Fsp3) is 0.471. The van der Waals surface area contributed by atoms with E-state index in [9.17, 15) is 19.5 Å². The topological polar surface area (TPSA) is 93.1 Å². The summed E-state index contributed by atoms with van der Waals surface area (Å²) in [6.45, 7) is 3.75. The molecule has 0 aliphatic rings. The summed E-state index contributed by atoms with van der Waals surface area (Å²) >= 11 is 0. The lowest BCUT2D eigenvalue weighted by molar-refractivity contribution is -0.147. The second-order valence-electron chi connectivity index (χ2n) is 5.83. The summed E-state index contributed by atoms with van der Waals surface area (Å²) in [4.78, 5) is 35.8. The molecule has 7 nitrogen and oxygen atoms in total. The van der Waals surface area contributed by atoms with E-state index < -0.39 is 24.1 Å². The third kappa shape index (κ3) is 7.13. The van der Waals surface area contributed by atoms with Crippen LogP contribution < -0.4 is 0 Å². The third-order valence-electron chi connectivity index (χ3n) is 3.04. The molecule has 0 spiro atoms. The number of esters is 1. The minimum atomic E-state index is -1.32. The first-order valence-corrected chi connectivity index (χ1v) is 7.63. The number of carboxylic acid groups (broad SMARTS) is 1. The standard InChI is InChI=1S/C17H23NO6/c1-12(2)11-23-15(19)10-18(3)17(22)24-14(16(20)21)9-13-7-5-4-6-8-13/h4-8,12,14H,9-11H2,1-3H3,(H,20,21). The average Bonchev–Trinajstić information content (AvgIpc) is 2.53. The summed E-state index contributed by atoms with van der Waals surface area (Å²) in [5.41, 5.74) is 0.733. The van der Waals surface area contributed by atoms with Gasteiger partial charge in [-0.25, -0.2) is 9.59 Å². The smallest absolute Gasteiger partial charge is 0.410 e. The van der Waals surface area contributed by atoms with Crippen LogP contribution in [0.1, 0.15) is 19.4 Å². The lowest BCUT2D eigenvalue weighted by Crippen LogP contribution is -2.38. The number of rotatable bonds is 8. The van der Waals surface area contributed by atoms with Crippen LogP contribution in [0.15, 0.2) is 30.3 Å². The number of hydrogen-bond acceptors (Lipinski definition) is 5. The van der Waals surface area contributed by atoms with Gasteiger partial charge in [-0.1, -0.05) is 44.2 Å². The maximum Gasteiger partial charge on any atom is 0.410 e. The van der Waals surface area contributed by atoms with Crippen LogP contribution in [0, 0.1) is 5.92 Å². The summed E-state index contributed by atoms with van der Waals surface area (Å²) in [5, 5.41) is 9.21. The molecule has 0 bridgehead atoms. The van der Waals surface area contributed by atoms with Crippen molar-refractivity contribution in [2.24, 2.45) is 5.92 Å². The lowest BCUT2D eigenvalue weighted by Gasteiger charge is -2.20. The molecule has 1 rings (SSSR count). The van der Waals surface area contributed by atoms with Gasteiger partial charge in [0.2, 0.25) is 6.10 Å². The molecule has 0 fully saturated rings. The first-order valence-electron chi connectivity index (χ1n) is 7.63. The molecule has 132 valence electrons. The maximum absolute atomic E-state index is 12.0. The van der Waals surface area contributed by atoms with Crippen molar-refractivity contribution in [3.05, 3.63) is 35.9 Å². The second kappa shape index (κ2) is 9.54. The largest absolute Gasteiger partial charge is 0.478 e. The van der Waals surface area contributed by atoms with Crippen LogP contribution in [-0.4, -0.2) is 54.3 Å². The maximum atomic E-state index is 12.0. The van der Waals surface area contributed by atoms with E-state index in [2.05, 4.69) is 0 Å². The van der Waals surface area contributed by atoms with Gasteiger partial charge in [-0.2, -0.15) is 0 Å². The van der Waals surface area contributed by atoms with Crippen LogP contribution in [0.4, 0.5) is 4.79 Å². The molecule has 0 heterocycles. The minimum Gasteiger partial charge on any atom is -0.478 e. The van der Waals surface area contributed by atoms with Crippen molar-refractivity contribution in [2.75, 3.05) is 20.2 Å². The normalized spacial score (nSPS) is 11.7. The number of carbonyl (C=O) groups excluding carboxylic acids is 2. The molecular weight excluding hydrogens is 314 g/mol. The number of carboxylic acids is 1. The Morgan fingerprint density at radius 3 is 2.33 bits per heavy atom. The van der Waals surface area contributed by atoms with Gasteiger partial charge in [0.1, 0.15) is 6.54 Å².